The van der Waals surface area contributed by atoms with Crippen LogP contribution >= 0.6 is 0 Å². The molecule has 0 saturated carbocycles. The zero-order valence-electron chi connectivity index (χ0n) is 38.3. The van der Waals surface area contributed by atoms with Crippen LogP contribution in [0.4, 0.5) is 0 Å². The SMILES string of the molecule is CC(C)C[C@H]1C(=O)N[C@H](C(=O)N2CCCCC2)CC(=O)N(C)CCC(=O)N[C@@H]([C@@H](C)O)C(=O)N(C)CC(=O)N[C@@H](COC(C)(C)C)C(=O)N(C)[C@@H](Cc2ccccc2)C(=O)N1C. The third kappa shape index (κ3) is 15.4. The third-order valence-electron chi connectivity index (χ3n) is 11.1. The molecule has 62 heavy (non-hydrogen) atoms. The number of hydrogen-bond donors (Lipinski definition) is 4. The Kier molecular flexibility index (Phi) is 19.3. The number of carbonyl (C=O) groups is 8. The molecule has 1 aromatic rings. The van der Waals surface area contributed by atoms with Gasteiger partial charge >= 0.3 is 0 Å². The molecule has 8 amide bonds. The molecule has 346 valence electrons. The number of likely N-dealkylation sites (N-methyl/N-ethyl adjacent to an activating group) is 3. The van der Waals surface area contributed by atoms with Gasteiger partial charge in [0.25, 0.3) is 0 Å². The van der Waals surface area contributed by atoms with E-state index in [1.165, 1.54) is 49.8 Å². The maximum atomic E-state index is 14.9. The predicted octanol–water partition coefficient (Wildman–Crippen LogP) is 0.303. The minimum Gasteiger partial charge on any atom is -0.391 e. The van der Waals surface area contributed by atoms with Crippen molar-refractivity contribution < 1.29 is 48.2 Å². The predicted molar refractivity (Wildman–Crippen MR) is 231 cm³/mol. The Hall–Kier alpha value is -5.10. The van der Waals surface area contributed by atoms with Crippen molar-refractivity contribution in [1.29, 1.82) is 0 Å². The van der Waals surface area contributed by atoms with E-state index in [1.807, 2.05) is 19.9 Å². The molecule has 0 radical (unpaired) electrons. The number of carbonyl (C=O) groups excluding carboxylic acids is 8. The Morgan fingerprint density at radius 3 is 1.97 bits per heavy atom. The van der Waals surface area contributed by atoms with Crippen molar-refractivity contribution in [2.75, 3.05) is 61.0 Å². The van der Waals surface area contributed by atoms with E-state index in [-0.39, 0.29) is 38.3 Å². The molecule has 2 fully saturated rings. The number of piperidine rings is 1. The Labute approximate surface area is 366 Å². The van der Waals surface area contributed by atoms with Gasteiger partial charge in [0.2, 0.25) is 47.3 Å². The molecule has 0 spiro atoms. The lowest BCUT2D eigenvalue weighted by Gasteiger charge is -2.37. The van der Waals surface area contributed by atoms with Crippen molar-refractivity contribution in [3.63, 3.8) is 0 Å². The van der Waals surface area contributed by atoms with Crippen LogP contribution in [0, 0.1) is 5.92 Å². The minimum atomic E-state index is -1.46. The molecule has 0 aliphatic carbocycles. The molecule has 1 aromatic carbocycles. The molecule has 18 nitrogen and oxygen atoms in total. The molecule has 0 unspecified atom stereocenters. The van der Waals surface area contributed by atoms with Gasteiger partial charge in [-0.05, 0) is 64.9 Å². The van der Waals surface area contributed by atoms with Crippen molar-refractivity contribution in [3.8, 4) is 0 Å². The largest absolute Gasteiger partial charge is 0.391 e. The summed E-state index contributed by atoms with van der Waals surface area (Å²) in [4.78, 5) is 118. The van der Waals surface area contributed by atoms with Gasteiger partial charge < -0.3 is 50.3 Å². The summed E-state index contributed by atoms with van der Waals surface area (Å²) >= 11 is 0. The summed E-state index contributed by atoms with van der Waals surface area (Å²) in [6.45, 7) is 10.3. The second-order valence-electron chi connectivity index (χ2n) is 18.0. The monoisotopic (exact) mass is 871 g/mol. The maximum Gasteiger partial charge on any atom is 0.248 e. The molecule has 0 bridgehead atoms. The van der Waals surface area contributed by atoms with Gasteiger partial charge in [0.05, 0.1) is 31.3 Å². The van der Waals surface area contributed by atoms with Gasteiger partial charge in [0.1, 0.15) is 30.2 Å². The third-order valence-corrected chi connectivity index (χ3v) is 11.1. The molecule has 0 aromatic heterocycles. The summed E-state index contributed by atoms with van der Waals surface area (Å²) in [5, 5.41) is 18.5. The van der Waals surface area contributed by atoms with Gasteiger partial charge in [0.15, 0.2) is 0 Å². The van der Waals surface area contributed by atoms with Gasteiger partial charge in [-0.2, -0.15) is 0 Å². The van der Waals surface area contributed by atoms with Gasteiger partial charge in [-0.15, -0.1) is 0 Å². The Morgan fingerprint density at radius 1 is 0.774 bits per heavy atom. The number of ether oxygens (including phenoxy) is 1. The van der Waals surface area contributed by atoms with Crippen LogP contribution in [0.5, 0.6) is 0 Å². The number of hydrogen-bond acceptors (Lipinski definition) is 10. The quantitative estimate of drug-likeness (QED) is 0.280. The first kappa shape index (κ1) is 51.3. The molecular weight excluding hydrogens is 801 g/mol. The molecule has 18 heteroatoms. The highest BCUT2D eigenvalue weighted by Crippen LogP contribution is 2.20. The van der Waals surface area contributed by atoms with Crippen LogP contribution < -0.4 is 16.0 Å². The first-order chi connectivity index (χ1) is 29.0. The molecule has 2 aliphatic rings. The lowest BCUT2D eigenvalue weighted by atomic mass is 9.98. The molecular formula is C44H70N8O10. The van der Waals surface area contributed by atoms with Crippen LogP contribution in [0.25, 0.3) is 0 Å². The van der Waals surface area contributed by atoms with Crippen LogP contribution in [-0.4, -0.2) is 180 Å². The number of aliphatic hydroxyl groups is 1. The number of nitrogens with one attached hydrogen (secondary N) is 3. The summed E-state index contributed by atoms with van der Waals surface area (Å²) in [6.07, 6.45) is 0.571. The fourth-order valence-corrected chi connectivity index (χ4v) is 7.34. The molecule has 6 atom stereocenters. The van der Waals surface area contributed by atoms with Crippen LogP contribution in [-0.2, 0) is 49.5 Å². The fourth-order valence-electron chi connectivity index (χ4n) is 7.34. The highest BCUT2D eigenvalue weighted by Gasteiger charge is 2.40. The molecule has 2 heterocycles. The summed E-state index contributed by atoms with van der Waals surface area (Å²) in [6, 6.07) is 2.57. The highest BCUT2D eigenvalue weighted by molar-refractivity contribution is 5.97. The first-order valence-electron chi connectivity index (χ1n) is 21.6. The van der Waals surface area contributed by atoms with Crippen molar-refractivity contribution >= 4 is 47.3 Å². The number of nitrogens with zero attached hydrogens (tertiary/aromatic N) is 5. The Balaban J connectivity index is 2.16. The average molecular weight is 871 g/mol. The number of benzene rings is 1. The zero-order valence-corrected chi connectivity index (χ0v) is 38.3. The van der Waals surface area contributed by atoms with Gasteiger partial charge in [-0.1, -0.05) is 44.2 Å². The topological polar surface area (TPSA) is 218 Å². The Bertz CT molecular complexity index is 1730. The lowest BCUT2D eigenvalue weighted by molar-refractivity contribution is -0.151. The fraction of sp³-hybridized carbons (Fsp3) is 0.682. The first-order valence-corrected chi connectivity index (χ1v) is 21.6. The van der Waals surface area contributed by atoms with E-state index in [9.17, 15) is 43.5 Å². The van der Waals surface area contributed by atoms with E-state index in [0.717, 1.165) is 24.2 Å². The van der Waals surface area contributed by atoms with Gasteiger partial charge in [0, 0.05) is 60.7 Å². The van der Waals surface area contributed by atoms with Gasteiger partial charge in [-0.3, -0.25) is 38.4 Å². The van der Waals surface area contributed by atoms with Crippen LogP contribution in [0.1, 0.15) is 85.6 Å². The van der Waals surface area contributed by atoms with E-state index in [4.69, 9.17) is 4.74 Å². The van der Waals surface area contributed by atoms with Crippen LogP contribution in [0.3, 0.4) is 0 Å². The molecule has 4 N–H and O–H groups in total. The Morgan fingerprint density at radius 2 is 1.39 bits per heavy atom. The standard InChI is InChI=1S/C44H70N8O10/c1-28(2)23-33-39(57)46-31(41(59)52-20-15-12-16-21-52)25-37(56)48(7)22-19-35(54)47-38(29(3)53)43(61)49(8)26-36(55)45-32(27-62-44(4,5)6)40(58)51(10)34(42(60)50(33)9)24-30-17-13-11-14-18-30/h11,13-14,17-18,28-29,31-34,38,53H,12,15-16,19-27H2,1-10H3,(H,45,55)(H,46,57)(H,47,54)/t29-,31+,32+,33+,34+,38+/m1/s1. The summed E-state index contributed by atoms with van der Waals surface area (Å²) in [7, 11) is 5.65. The molecule has 2 aliphatic heterocycles. The van der Waals surface area contributed by atoms with Crippen LogP contribution in [0.15, 0.2) is 30.3 Å². The maximum absolute atomic E-state index is 14.9. The van der Waals surface area contributed by atoms with E-state index in [2.05, 4.69) is 16.0 Å². The lowest BCUT2D eigenvalue weighted by Crippen LogP contribution is -2.61. The normalized spacial score (nSPS) is 24.8. The second kappa shape index (κ2) is 23.4. The van der Waals surface area contributed by atoms with E-state index in [0.29, 0.717) is 18.7 Å². The number of aliphatic hydroxyl groups excluding tert-OH is 1. The van der Waals surface area contributed by atoms with Crippen LogP contribution in [0.2, 0.25) is 0 Å². The molecule has 2 saturated heterocycles. The number of amides is 8. The summed E-state index contributed by atoms with van der Waals surface area (Å²) in [5.41, 5.74) is -0.0372. The van der Waals surface area contributed by atoms with E-state index in [1.54, 1.807) is 49.9 Å². The number of rotatable bonds is 8. The second-order valence-corrected chi connectivity index (χ2v) is 18.0. The van der Waals surface area contributed by atoms with E-state index < -0.39 is 102 Å². The minimum absolute atomic E-state index is 0.0314. The van der Waals surface area contributed by atoms with Crippen molar-refractivity contribution in [3.05, 3.63) is 35.9 Å². The zero-order chi connectivity index (χ0) is 46.5. The highest BCUT2D eigenvalue weighted by atomic mass is 16.5. The van der Waals surface area contributed by atoms with Crippen molar-refractivity contribution in [1.82, 2.24) is 40.4 Å². The van der Waals surface area contributed by atoms with E-state index >= 15 is 0 Å². The average Bonchev–Trinajstić information content (AvgIpc) is 3.22. The number of likely N-dealkylation sites (tertiary alicyclic amines) is 1. The van der Waals surface area contributed by atoms with Crippen molar-refractivity contribution in [2.45, 2.75) is 128 Å². The molecule has 3 rings (SSSR count). The van der Waals surface area contributed by atoms with Crippen molar-refractivity contribution in [2.24, 2.45) is 5.92 Å². The smallest absolute Gasteiger partial charge is 0.248 e. The van der Waals surface area contributed by atoms with Gasteiger partial charge in [-0.25, -0.2) is 0 Å². The summed E-state index contributed by atoms with van der Waals surface area (Å²) < 4.78 is 5.97. The summed E-state index contributed by atoms with van der Waals surface area (Å²) in [5.74, 6) is -5.26.